The van der Waals surface area contributed by atoms with Gasteiger partial charge in [-0.25, -0.2) is 0 Å². The highest BCUT2D eigenvalue weighted by Crippen LogP contribution is 2.39. The zero-order valence-electron chi connectivity index (χ0n) is 11.3. The van der Waals surface area contributed by atoms with Crippen LogP contribution < -0.4 is 0 Å². The van der Waals surface area contributed by atoms with E-state index >= 15 is 0 Å². The zero-order chi connectivity index (χ0) is 14.1. The third-order valence-electron chi connectivity index (χ3n) is 3.06. The van der Waals surface area contributed by atoms with Crippen molar-refractivity contribution in [2.75, 3.05) is 0 Å². The van der Waals surface area contributed by atoms with Gasteiger partial charge >= 0.3 is 0 Å². The summed E-state index contributed by atoms with van der Waals surface area (Å²) in [6.07, 6.45) is 3.46. The van der Waals surface area contributed by atoms with Crippen LogP contribution in [-0.2, 0) is 0 Å². The fraction of sp³-hybridized carbons (Fsp3) is 0.188. The van der Waals surface area contributed by atoms with Crippen LogP contribution in [0.25, 0.3) is 21.9 Å². The van der Waals surface area contributed by atoms with Crippen LogP contribution in [0.3, 0.4) is 0 Å². The van der Waals surface area contributed by atoms with E-state index in [9.17, 15) is 0 Å². The minimum atomic E-state index is 0.438. The van der Waals surface area contributed by atoms with Crippen molar-refractivity contribution >= 4 is 22.9 Å². The Bertz CT molecular complexity index is 716. The molecule has 0 aromatic carbocycles. The van der Waals surface area contributed by atoms with E-state index in [-0.39, 0.29) is 0 Å². The summed E-state index contributed by atoms with van der Waals surface area (Å²) in [6.45, 7) is 4.31. The lowest BCUT2D eigenvalue weighted by Gasteiger charge is -2.01. The number of rotatable bonds is 3. The van der Waals surface area contributed by atoms with E-state index in [0.717, 1.165) is 26.9 Å². The largest absolute Gasteiger partial charge is 0.463 e. The van der Waals surface area contributed by atoms with Crippen LogP contribution in [0.5, 0.6) is 0 Å². The number of aromatic nitrogens is 1. The summed E-state index contributed by atoms with van der Waals surface area (Å²) in [5, 5.41) is 0.844. The monoisotopic (exact) mass is 303 g/mol. The van der Waals surface area contributed by atoms with Crippen molar-refractivity contribution in [3.05, 3.63) is 52.7 Å². The van der Waals surface area contributed by atoms with Crippen LogP contribution in [0.1, 0.15) is 24.6 Å². The summed E-state index contributed by atoms with van der Waals surface area (Å²) in [6, 6.07) is 9.84. The molecular weight excluding hydrogens is 290 g/mol. The summed E-state index contributed by atoms with van der Waals surface area (Å²) in [5.41, 5.74) is 1.95. The fourth-order valence-corrected chi connectivity index (χ4v) is 3.62. The second-order valence-electron chi connectivity index (χ2n) is 4.88. The van der Waals surface area contributed by atoms with Crippen LogP contribution >= 0.6 is 22.9 Å². The highest BCUT2D eigenvalue weighted by molar-refractivity contribution is 7.16. The lowest BCUT2D eigenvalue weighted by molar-refractivity contribution is 0.580. The second kappa shape index (κ2) is 5.43. The molecule has 102 valence electrons. The highest BCUT2D eigenvalue weighted by Gasteiger charge is 2.13. The zero-order valence-corrected chi connectivity index (χ0v) is 12.8. The molecule has 0 N–H and O–H groups in total. The van der Waals surface area contributed by atoms with Gasteiger partial charge in [0.1, 0.15) is 5.69 Å². The van der Waals surface area contributed by atoms with E-state index in [1.807, 2.05) is 30.3 Å². The van der Waals surface area contributed by atoms with E-state index in [1.54, 1.807) is 23.8 Å². The van der Waals surface area contributed by atoms with Crippen LogP contribution in [0.4, 0.5) is 0 Å². The summed E-state index contributed by atoms with van der Waals surface area (Å²) < 4.78 is 5.39. The third kappa shape index (κ3) is 2.51. The summed E-state index contributed by atoms with van der Waals surface area (Å²) in [7, 11) is 0. The molecule has 0 spiro atoms. The molecular formula is C16H14ClNOS. The quantitative estimate of drug-likeness (QED) is 0.607. The van der Waals surface area contributed by atoms with Crippen LogP contribution in [-0.4, -0.2) is 4.98 Å². The molecule has 3 aromatic rings. The molecule has 3 heterocycles. The summed E-state index contributed by atoms with van der Waals surface area (Å²) >= 11 is 8.04. The molecule has 2 nitrogen and oxygen atoms in total. The Balaban J connectivity index is 2.03. The predicted molar refractivity (Wildman–Crippen MR) is 84.4 cm³/mol. The molecule has 0 radical (unpaired) electrons. The van der Waals surface area contributed by atoms with Gasteiger partial charge in [0.25, 0.3) is 0 Å². The molecule has 0 amide bonds. The Morgan fingerprint density at radius 1 is 1.25 bits per heavy atom. The lowest BCUT2D eigenvalue weighted by Crippen LogP contribution is -1.82. The molecule has 0 bridgehead atoms. The number of hydrogen-bond acceptors (Lipinski definition) is 3. The van der Waals surface area contributed by atoms with E-state index in [4.69, 9.17) is 16.0 Å². The second-order valence-corrected chi connectivity index (χ2v) is 6.38. The van der Waals surface area contributed by atoms with Gasteiger partial charge in [-0.3, -0.25) is 4.98 Å². The van der Waals surface area contributed by atoms with Crippen molar-refractivity contribution in [2.24, 2.45) is 0 Å². The van der Waals surface area contributed by atoms with Gasteiger partial charge in [0, 0.05) is 16.0 Å². The fourth-order valence-electron chi connectivity index (χ4n) is 2.06. The average molecular weight is 304 g/mol. The molecule has 0 atom stereocenters. The number of halogens is 1. The first-order chi connectivity index (χ1) is 9.65. The van der Waals surface area contributed by atoms with Gasteiger partial charge < -0.3 is 4.42 Å². The summed E-state index contributed by atoms with van der Waals surface area (Å²) in [4.78, 5) is 6.73. The molecule has 4 heteroatoms. The van der Waals surface area contributed by atoms with E-state index in [0.29, 0.717) is 5.92 Å². The van der Waals surface area contributed by atoms with Crippen LogP contribution in [0.15, 0.2) is 47.2 Å². The molecule has 3 rings (SSSR count). The van der Waals surface area contributed by atoms with E-state index in [1.165, 1.54) is 4.88 Å². The number of hydrogen-bond donors (Lipinski definition) is 0. The molecule has 0 aliphatic rings. The molecule has 3 aromatic heterocycles. The minimum absolute atomic E-state index is 0.438. The third-order valence-corrected chi connectivity index (χ3v) is 4.97. The van der Waals surface area contributed by atoms with Crippen molar-refractivity contribution in [1.82, 2.24) is 4.98 Å². The minimum Gasteiger partial charge on any atom is -0.463 e. The van der Waals surface area contributed by atoms with Crippen LogP contribution in [0, 0.1) is 0 Å². The predicted octanol–water partition coefficient (Wildman–Crippen LogP) is 5.85. The Labute approximate surface area is 127 Å². The Kier molecular flexibility index (Phi) is 3.64. The van der Waals surface area contributed by atoms with Crippen molar-refractivity contribution < 1.29 is 4.42 Å². The molecule has 0 aliphatic carbocycles. The molecule has 0 saturated carbocycles. The summed E-state index contributed by atoms with van der Waals surface area (Å²) in [5.74, 6) is 1.21. The van der Waals surface area contributed by atoms with Gasteiger partial charge in [0.15, 0.2) is 5.76 Å². The van der Waals surface area contributed by atoms with E-state index < -0.39 is 0 Å². The lowest BCUT2D eigenvalue weighted by atomic mass is 10.1. The van der Waals surface area contributed by atoms with Gasteiger partial charge in [-0.15, -0.1) is 11.3 Å². The maximum Gasteiger partial charge on any atom is 0.152 e. The Hall–Kier alpha value is -1.58. The van der Waals surface area contributed by atoms with Gasteiger partial charge in [-0.1, -0.05) is 25.4 Å². The topological polar surface area (TPSA) is 26.0 Å². The smallest absolute Gasteiger partial charge is 0.152 e. The van der Waals surface area contributed by atoms with Crippen LogP contribution in [0.2, 0.25) is 5.02 Å². The van der Waals surface area contributed by atoms with Gasteiger partial charge in [-0.2, -0.15) is 0 Å². The molecule has 0 saturated heterocycles. The Morgan fingerprint density at radius 2 is 2.10 bits per heavy atom. The first-order valence-corrected chi connectivity index (χ1v) is 7.64. The number of pyridine rings is 1. The highest BCUT2D eigenvalue weighted by atomic mass is 35.5. The molecule has 0 unspecified atom stereocenters. The Morgan fingerprint density at radius 3 is 2.75 bits per heavy atom. The normalized spacial score (nSPS) is 11.2. The van der Waals surface area contributed by atoms with Gasteiger partial charge in [-0.05, 0) is 41.8 Å². The molecule has 0 fully saturated rings. The first kappa shape index (κ1) is 13.4. The maximum atomic E-state index is 6.31. The molecule has 0 aliphatic heterocycles. The van der Waals surface area contributed by atoms with Crippen molar-refractivity contribution in [1.29, 1.82) is 0 Å². The van der Waals surface area contributed by atoms with Crippen molar-refractivity contribution in [2.45, 2.75) is 19.8 Å². The van der Waals surface area contributed by atoms with Crippen molar-refractivity contribution in [3.63, 3.8) is 0 Å². The standard InChI is InChI=1S/C16H14ClNOS/c1-10(2)16-12(17)9-15(20-16)11-5-6-18-13(8-11)14-4-3-7-19-14/h3-10H,1-2H3. The van der Waals surface area contributed by atoms with Gasteiger partial charge in [0.05, 0.1) is 11.3 Å². The number of furan rings is 1. The number of nitrogens with zero attached hydrogens (tertiary/aromatic N) is 1. The van der Waals surface area contributed by atoms with Crippen molar-refractivity contribution in [3.8, 4) is 21.9 Å². The first-order valence-electron chi connectivity index (χ1n) is 6.44. The van der Waals surface area contributed by atoms with Gasteiger partial charge in [0.2, 0.25) is 0 Å². The van der Waals surface area contributed by atoms with E-state index in [2.05, 4.69) is 18.8 Å². The number of thiophene rings is 1. The molecule has 20 heavy (non-hydrogen) atoms. The average Bonchev–Trinajstić information content (AvgIpc) is 3.08. The SMILES string of the molecule is CC(C)c1sc(-c2ccnc(-c3ccco3)c2)cc1Cl. The maximum absolute atomic E-state index is 6.31.